The largest absolute Gasteiger partial charge is 0.497 e. The molecular formula is C22H29N3O8S. The van der Waals surface area contributed by atoms with Gasteiger partial charge < -0.3 is 29.5 Å². The van der Waals surface area contributed by atoms with Gasteiger partial charge in [0.15, 0.2) is 0 Å². The van der Waals surface area contributed by atoms with Crippen LogP contribution in [0.4, 0.5) is 0 Å². The lowest BCUT2D eigenvalue weighted by molar-refractivity contribution is -0.206. The SMILES string of the molecule is COc1ccc(CO[C@H]2[C@H](O)[C@@H](CO)O[C@@H](S)[C@@]2(C)N=Cc2c(O)n(C)c(=O)n(C)c2=O)cc1. The van der Waals surface area contributed by atoms with Crippen molar-refractivity contribution in [1.29, 1.82) is 0 Å². The zero-order chi connectivity index (χ0) is 25.2. The Morgan fingerprint density at radius 1 is 1.24 bits per heavy atom. The molecule has 0 saturated carbocycles. The maximum absolute atomic E-state index is 12.6. The summed E-state index contributed by atoms with van der Waals surface area (Å²) in [7, 11) is 4.16. The summed E-state index contributed by atoms with van der Waals surface area (Å²) in [5, 5.41) is 30.9. The number of benzene rings is 1. The van der Waals surface area contributed by atoms with Crippen LogP contribution in [0, 0.1) is 0 Å². The van der Waals surface area contributed by atoms with Crippen LogP contribution < -0.4 is 16.0 Å². The zero-order valence-electron chi connectivity index (χ0n) is 19.3. The van der Waals surface area contributed by atoms with E-state index < -0.39 is 53.0 Å². The van der Waals surface area contributed by atoms with E-state index in [0.717, 1.165) is 20.9 Å². The molecule has 34 heavy (non-hydrogen) atoms. The van der Waals surface area contributed by atoms with E-state index in [1.807, 2.05) is 0 Å². The topological polar surface area (TPSA) is 145 Å². The van der Waals surface area contributed by atoms with E-state index in [1.165, 1.54) is 14.1 Å². The third kappa shape index (κ3) is 4.77. The van der Waals surface area contributed by atoms with Crippen LogP contribution in [0.15, 0.2) is 38.8 Å². The predicted molar refractivity (Wildman–Crippen MR) is 127 cm³/mol. The lowest BCUT2D eigenvalue weighted by Gasteiger charge is -2.47. The molecule has 12 heteroatoms. The summed E-state index contributed by atoms with van der Waals surface area (Å²) >= 11 is 4.46. The Bertz CT molecular complexity index is 1160. The summed E-state index contributed by atoms with van der Waals surface area (Å²) in [4.78, 5) is 29.0. The van der Waals surface area contributed by atoms with Crippen molar-refractivity contribution in [2.75, 3.05) is 13.7 Å². The number of thiol groups is 1. The van der Waals surface area contributed by atoms with E-state index in [2.05, 4.69) is 17.6 Å². The maximum atomic E-state index is 12.6. The van der Waals surface area contributed by atoms with Crippen LogP contribution in [0.25, 0.3) is 0 Å². The summed E-state index contributed by atoms with van der Waals surface area (Å²) in [5.74, 6) is 0.121. The number of aromatic nitrogens is 2. The van der Waals surface area contributed by atoms with Crippen molar-refractivity contribution in [3.05, 3.63) is 56.2 Å². The minimum absolute atomic E-state index is 0.0995. The summed E-state index contributed by atoms with van der Waals surface area (Å²) in [5.41, 5.74) is -3.15. The minimum atomic E-state index is -1.34. The molecule has 2 aromatic rings. The minimum Gasteiger partial charge on any atom is -0.497 e. The molecule has 0 spiro atoms. The van der Waals surface area contributed by atoms with Crippen LogP contribution in [-0.2, 0) is 30.2 Å². The molecule has 1 aromatic heterocycles. The van der Waals surface area contributed by atoms with Gasteiger partial charge >= 0.3 is 5.69 Å². The summed E-state index contributed by atoms with van der Waals surface area (Å²) in [6.07, 6.45) is -2.13. The molecule has 11 nitrogen and oxygen atoms in total. The monoisotopic (exact) mass is 495 g/mol. The molecule has 5 atom stereocenters. The summed E-state index contributed by atoms with van der Waals surface area (Å²) in [6.45, 7) is 1.24. The number of nitrogens with zero attached hydrogens (tertiary/aromatic N) is 3. The third-order valence-electron chi connectivity index (χ3n) is 5.98. The van der Waals surface area contributed by atoms with Gasteiger partial charge in [-0.2, -0.15) is 0 Å². The molecular weight excluding hydrogens is 466 g/mol. The standard InChI is InChI=1S/C22H29N3O8S/c1-22(23-9-14-18(28)24(2)21(30)25(3)19(14)29)17(16(27)15(10-26)33-20(22)34)32-11-12-5-7-13(31-4)8-6-12/h5-9,15-17,20,26-28,34H,10-11H2,1-4H3/t15-,16-,17+,20+,22+/m1/s1. The zero-order valence-corrected chi connectivity index (χ0v) is 20.2. The van der Waals surface area contributed by atoms with Gasteiger partial charge in [-0.25, -0.2) is 4.79 Å². The van der Waals surface area contributed by atoms with Crippen LogP contribution in [0.1, 0.15) is 18.1 Å². The smallest absolute Gasteiger partial charge is 0.333 e. The molecule has 3 N–H and O–H groups in total. The van der Waals surface area contributed by atoms with Gasteiger partial charge in [0.1, 0.15) is 40.6 Å². The molecule has 1 saturated heterocycles. The molecule has 0 bridgehead atoms. The second kappa shape index (κ2) is 10.3. The highest BCUT2D eigenvalue weighted by molar-refractivity contribution is 7.80. The Labute approximate surface area is 201 Å². The average Bonchev–Trinajstić information content (AvgIpc) is 2.84. The Morgan fingerprint density at radius 2 is 1.88 bits per heavy atom. The molecule has 186 valence electrons. The molecule has 0 amide bonds. The van der Waals surface area contributed by atoms with E-state index in [0.29, 0.717) is 5.75 Å². The van der Waals surface area contributed by atoms with Crippen molar-refractivity contribution in [3.8, 4) is 11.6 Å². The number of rotatable bonds is 7. The molecule has 0 unspecified atom stereocenters. The van der Waals surface area contributed by atoms with Crippen LogP contribution >= 0.6 is 12.6 Å². The number of methoxy groups -OCH3 is 1. The molecule has 1 aliphatic heterocycles. The summed E-state index contributed by atoms with van der Waals surface area (Å²) < 4.78 is 18.6. The molecule has 0 radical (unpaired) electrons. The second-order valence-corrected chi connectivity index (χ2v) is 8.68. The number of hydrogen-bond donors (Lipinski definition) is 4. The van der Waals surface area contributed by atoms with E-state index in [-0.39, 0.29) is 12.2 Å². The molecule has 1 fully saturated rings. The molecule has 1 aliphatic rings. The van der Waals surface area contributed by atoms with Gasteiger partial charge in [0.2, 0.25) is 5.88 Å². The lowest BCUT2D eigenvalue weighted by Crippen LogP contribution is -2.63. The highest BCUT2D eigenvalue weighted by Crippen LogP contribution is 2.37. The highest BCUT2D eigenvalue weighted by atomic mass is 32.1. The summed E-state index contributed by atoms with van der Waals surface area (Å²) in [6, 6.07) is 7.15. The van der Waals surface area contributed by atoms with Gasteiger partial charge in [0, 0.05) is 20.3 Å². The number of aliphatic hydroxyl groups excluding tert-OH is 2. The van der Waals surface area contributed by atoms with Gasteiger partial charge in [-0.1, -0.05) is 12.1 Å². The number of ether oxygens (including phenoxy) is 3. The van der Waals surface area contributed by atoms with Crippen LogP contribution in [-0.4, -0.2) is 73.7 Å². The van der Waals surface area contributed by atoms with Crippen molar-refractivity contribution in [2.45, 2.75) is 42.8 Å². The Hall–Kier alpha value is -2.64. The fraction of sp³-hybridized carbons (Fsp3) is 0.500. The van der Waals surface area contributed by atoms with Crippen LogP contribution in [0.5, 0.6) is 11.6 Å². The Kier molecular flexibility index (Phi) is 7.88. The fourth-order valence-corrected chi connectivity index (χ4v) is 4.07. The first-order chi connectivity index (χ1) is 16.0. The Balaban J connectivity index is 1.97. The second-order valence-electron chi connectivity index (χ2n) is 8.21. The lowest BCUT2D eigenvalue weighted by atomic mass is 9.86. The quantitative estimate of drug-likeness (QED) is 0.299. The average molecular weight is 496 g/mol. The van der Waals surface area contributed by atoms with Crippen LogP contribution in [0.2, 0.25) is 0 Å². The fourth-order valence-electron chi connectivity index (χ4n) is 3.70. The maximum Gasteiger partial charge on any atom is 0.333 e. The van der Waals surface area contributed by atoms with Crippen LogP contribution in [0.3, 0.4) is 0 Å². The molecule has 2 heterocycles. The van der Waals surface area contributed by atoms with Crippen molar-refractivity contribution in [2.24, 2.45) is 19.1 Å². The third-order valence-corrected chi connectivity index (χ3v) is 6.62. The molecule has 0 aliphatic carbocycles. The van der Waals surface area contributed by atoms with Gasteiger partial charge in [0.25, 0.3) is 5.56 Å². The van der Waals surface area contributed by atoms with Crippen molar-refractivity contribution >= 4 is 18.8 Å². The van der Waals surface area contributed by atoms with Crippen molar-refractivity contribution < 1.29 is 29.5 Å². The number of aliphatic imine (C=N–C) groups is 1. The van der Waals surface area contributed by atoms with E-state index >= 15 is 0 Å². The first kappa shape index (κ1) is 26.0. The molecule has 3 rings (SSSR count). The normalized spacial score (nSPS) is 27.3. The van der Waals surface area contributed by atoms with E-state index in [4.69, 9.17) is 14.2 Å². The highest BCUT2D eigenvalue weighted by Gasteiger charge is 2.52. The first-order valence-corrected chi connectivity index (χ1v) is 11.0. The Morgan fingerprint density at radius 3 is 2.47 bits per heavy atom. The van der Waals surface area contributed by atoms with E-state index in [1.54, 1.807) is 38.3 Å². The van der Waals surface area contributed by atoms with Gasteiger partial charge in [-0.05, 0) is 24.6 Å². The van der Waals surface area contributed by atoms with Gasteiger partial charge in [0.05, 0.1) is 20.3 Å². The van der Waals surface area contributed by atoms with Crippen molar-refractivity contribution in [3.63, 3.8) is 0 Å². The van der Waals surface area contributed by atoms with Crippen molar-refractivity contribution in [1.82, 2.24) is 9.13 Å². The van der Waals surface area contributed by atoms with Gasteiger partial charge in [-0.3, -0.25) is 18.9 Å². The number of hydrogen-bond acceptors (Lipinski definition) is 10. The number of aromatic hydroxyl groups is 1. The van der Waals surface area contributed by atoms with Gasteiger partial charge in [-0.15, -0.1) is 12.6 Å². The number of aliphatic hydroxyl groups is 2. The first-order valence-electron chi connectivity index (χ1n) is 10.5. The predicted octanol–water partition coefficient (Wildman–Crippen LogP) is -0.431. The molecule has 1 aromatic carbocycles. The van der Waals surface area contributed by atoms with E-state index in [9.17, 15) is 24.9 Å².